The second-order valence-corrected chi connectivity index (χ2v) is 7.35. The highest BCUT2D eigenvalue weighted by Gasteiger charge is 2.19. The fraction of sp³-hybridized carbons (Fsp3) is 0.647. The van der Waals surface area contributed by atoms with Gasteiger partial charge in [0.15, 0.2) is 0 Å². The minimum absolute atomic E-state index is 0.0990. The van der Waals surface area contributed by atoms with Crippen LogP contribution in [0.15, 0.2) is 18.2 Å². The molecule has 114 valence electrons. The standard InChI is InChI=1S/C17H29ClN2/c1-12(2)13(3)20(7)16-14(9-8-10-15(16)18)11-19-17(4,5)6/h8-10,12-13,19H,11H2,1-7H3. The topological polar surface area (TPSA) is 15.3 Å². The van der Waals surface area contributed by atoms with E-state index in [-0.39, 0.29) is 5.54 Å². The number of nitrogens with zero attached hydrogens (tertiary/aromatic N) is 1. The largest absolute Gasteiger partial charge is 0.370 e. The molecule has 0 aliphatic rings. The van der Waals surface area contributed by atoms with Gasteiger partial charge >= 0.3 is 0 Å². The van der Waals surface area contributed by atoms with E-state index in [2.05, 4.69) is 64.9 Å². The summed E-state index contributed by atoms with van der Waals surface area (Å²) in [5.41, 5.74) is 2.50. The van der Waals surface area contributed by atoms with Crippen molar-refractivity contribution >= 4 is 17.3 Å². The Bertz CT molecular complexity index is 435. The van der Waals surface area contributed by atoms with E-state index in [0.29, 0.717) is 12.0 Å². The van der Waals surface area contributed by atoms with Gasteiger partial charge in [0.1, 0.15) is 0 Å². The maximum Gasteiger partial charge on any atom is 0.0642 e. The van der Waals surface area contributed by atoms with Crippen LogP contribution in [0.2, 0.25) is 5.02 Å². The molecule has 3 heteroatoms. The van der Waals surface area contributed by atoms with Crippen molar-refractivity contribution in [2.24, 2.45) is 5.92 Å². The van der Waals surface area contributed by atoms with Crippen LogP contribution in [-0.4, -0.2) is 18.6 Å². The SMILES string of the molecule is CC(C)C(C)N(C)c1c(Cl)cccc1CNC(C)(C)C. The van der Waals surface area contributed by atoms with E-state index in [1.165, 1.54) is 5.56 Å². The van der Waals surface area contributed by atoms with Crippen LogP contribution in [-0.2, 0) is 6.54 Å². The first kappa shape index (κ1) is 17.3. The van der Waals surface area contributed by atoms with Gasteiger partial charge in [0.25, 0.3) is 0 Å². The summed E-state index contributed by atoms with van der Waals surface area (Å²) >= 11 is 6.45. The van der Waals surface area contributed by atoms with Gasteiger partial charge in [-0.1, -0.05) is 37.6 Å². The molecule has 1 unspecified atom stereocenters. The van der Waals surface area contributed by atoms with Crippen molar-refractivity contribution in [2.75, 3.05) is 11.9 Å². The van der Waals surface area contributed by atoms with Crippen molar-refractivity contribution in [1.29, 1.82) is 0 Å². The molecule has 0 saturated carbocycles. The summed E-state index contributed by atoms with van der Waals surface area (Å²) < 4.78 is 0. The number of hydrogen-bond acceptors (Lipinski definition) is 2. The van der Waals surface area contributed by atoms with Gasteiger partial charge in [0.2, 0.25) is 0 Å². The van der Waals surface area contributed by atoms with Crippen LogP contribution in [0.3, 0.4) is 0 Å². The van der Waals surface area contributed by atoms with Crippen molar-refractivity contribution in [2.45, 2.75) is 59.7 Å². The summed E-state index contributed by atoms with van der Waals surface area (Å²) in [5.74, 6) is 0.583. The Labute approximate surface area is 129 Å². The Morgan fingerprint density at radius 1 is 1.20 bits per heavy atom. The van der Waals surface area contributed by atoms with Gasteiger partial charge in [-0.25, -0.2) is 0 Å². The number of nitrogens with one attached hydrogen (secondary N) is 1. The number of benzene rings is 1. The molecule has 1 aromatic carbocycles. The van der Waals surface area contributed by atoms with Gasteiger partial charge in [-0.05, 0) is 45.2 Å². The lowest BCUT2D eigenvalue weighted by atomic mass is 10.0. The van der Waals surface area contributed by atoms with Crippen molar-refractivity contribution in [3.05, 3.63) is 28.8 Å². The zero-order valence-electron chi connectivity index (χ0n) is 13.9. The predicted molar refractivity (Wildman–Crippen MR) is 90.7 cm³/mol. The smallest absolute Gasteiger partial charge is 0.0642 e. The van der Waals surface area contributed by atoms with Crippen LogP contribution < -0.4 is 10.2 Å². The third-order valence-electron chi connectivity index (χ3n) is 3.81. The first-order valence-electron chi connectivity index (χ1n) is 7.38. The average Bonchev–Trinajstić information content (AvgIpc) is 2.33. The molecule has 1 N–H and O–H groups in total. The maximum atomic E-state index is 6.45. The molecule has 0 aliphatic heterocycles. The summed E-state index contributed by atoms with van der Waals surface area (Å²) in [6.45, 7) is 14.1. The predicted octanol–water partition coefficient (Wildman–Crippen LogP) is 4.71. The summed E-state index contributed by atoms with van der Waals surface area (Å²) in [6.07, 6.45) is 0. The van der Waals surface area contributed by atoms with Gasteiger partial charge in [-0.2, -0.15) is 0 Å². The number of halogens is 1. The summed E-state index contributed by atoms with van der Waals surface area (Å²) in [7, 11) is 2.13. The molecule has 0 radical (unpaired) electrons. The monoisotopic (exact) mass is 296 g/mol. The number of anilines is 1. The molecule has 1 rings (SSSR count). The van der Waals surface area contributed by atoms with Crippen LogP contribution in [0.25, 0.3) is 0 Å². The first-order valence-corrected chi connectivity index (χ1v) is 7.76. The maximum absolute atomic E-state index is 6.45. The lowest BCUT2D eigenvalue weighted by Crippen LogP contribution is -2.37. The molecule has 0 aliphatic carbocycles. The van der Waals surface area contributed by atoms with Crippen molar-refractivity contribution in [3.63, 3.8) is 0 Å². The molecular formula is C17H29ClN2. The molecule has 0 amide bonds. The highest BCUT2D eigenvalue weighted by atomic mass is 35.5. The van der Waals surface area contributed by atoms with E-state index in [1.807, 2.05) is 12.1 Å². The molecule has 0 fully saturated rings. The Hall–Kier alpha value is -0.730. The van der Waals surface area contributed by atoms with Crippen molar-refractivity contribution in [1.82, 2.24) is 5.32 Å². The van der Waals surface area contributed by atoms with Crippen LogP contribution in [0.4, 0.5) is 5.69 Å². The van der Waals surface area contributed by atoms with Crippen molar-refractivity contribution in [3.8, 4) is 0 Å². The molecule has 0 spiro atoms. The quantitative estimate of drug-likeness (QED) is 0.846. The highest BCUT2D eigenvalue weighted by Crippen LogP contribution is 2.32. The number of rotatable bonds is 5. The summed E-state index contributed by atoms with van der Waals surface area (Å²) in [5, 5.41) is 4.37. The summed E-state index contributed by atoms with van der Waals surface area (Å²) in [4.78, 5) is 2.30. The number of hydrogen-bond donors (Lipinski definition) is 1. The molecule has 1 atom stereocenters. The third-order valence-corrected chi connectivity index (χ3v) is 4.11. The van der Waals surface area contributed by atoms with E-state index in [1.54, 1.807) is 0 Å². The second-order valence-electron chi connectivity index (χ2n) is 6.95. The normalized spacial score (nSPS) is 13.7. The fourth-order valence-corrected chi connectivity index (χ4v) is 2.44. The number of para-hydroxylation sites is 1. The molecule has 0 heterocycles. The van der Waals surface area contributed by atoms with E-state index in [4.69, 9.17) is 11.6 Å². The molecule has 1 aromatic rings. The van der Waals surface area contributed by atoms with Crippen LogP contribution in [0.5, 0.6) is 0 Å². The Morgan fingerprint density at radius 3 is 2.30 bits per heavy atom. The fourth-order valence-electron chi connectivity index (χ4n) is 2.11. The van der Waals surface area contributed by atoms with Gasteiger partial charge in [-0.3, -0.25) is 0 Å². The average molecular weight is 297 g/mol. The summed E-state index contributed by atoms with van der Waals surface area (Å²) in [6, 6.07) is 6.60. The Kier molecular flexibility index (Phi) is 5.91. The van der Waals surface area contributed by atoms with Gasteiger partial charge in [0, 0.05) is 25.2 Å². The van der Waals surface area contributed by atoms with Gasteiger partial charge < -0.3 is 10.2 Å². The molecular weight excluding hydrogens is 268 g/mol. The minimum atomic E-state index is 0.0990. The molecule has 0 saturated heterocycles. The third kappa shape index (κ3) is 4.68. The van der Waals surface area contributed by atoms with E-state index in [0.717, 1.165) is 17.3 Å². The second kappa shape index (κ2) is 6.82. The minimum Gasteiger partial charge on any atom is -0.370 e. The van der Waals surface area contributed by atoms with Crippen molar-refractivity contribution < 1.29 is 0 Å². The van der Waals surface area contributed by atoms with Gasteiger partial charge in [0.05, 0.1) is 10.7 Å². The Balaban J connectivity index is 3.05. The van der Waals surface area contributed by atoms with E-state index in [9.17, 15) is 0 Å². The molecule has 0 aromatic heterocycles. The van der Waals surface area contributed by atoms with Crippen LogP contribution in [0, 0.1) is 5.92 Å². The molecule has 20 heavy (non-hydrogen) atoms. The van der Waals surface area contributed by atoms with Gasteiger partial charge in [-0.15, -0.1) is 0 Å². The van der Waals surface area contributed by atoms with E-state index >= 15 is 0 Å². The zero-order chi connectivity index (χ0) is 15.5. The van der Waals surface area contributed by atoms with Crippen LogP contribution >= 0.6 is 11.6 Å². The highest BCUT2D eigenvalue weighted by molar-refractivity contribution is 6.33. The van der Waals surface area contributed by atoms with E-state index < -0.39 is 0 Å². The molecule has 0 bridgehead atoms. The lowest BCUT2D eigenvalue weighted by molar-refractivity contribution is 0.423. The Morgan fingerprint density at radius 2 is 1.80 bits per heavy atom. The first-order chi connectivity index (χ1) is 9.13. The van der Waals surface area contributed by atoms with Crippen LogP contribution in [0.1, 0.15) is 47.1 Å². The molecule has 2 nitrogen and oxygen atoms in total. The zero-order valence-corrected chi connectivity index (χ0v) is 14.7. The lowest BCUT2D eigenvalue weighted by Gasteiger charge is -2.33.